The minimum Gasteiger partial charge on any atom is -0.480 e. The van der Waals surface area contributed by atoms with Crippen molar-refractivity contribution in [2.45, 2.75) is 25.8 Å². The summed E-state index contributed by atoms with van der Waals surface area (Å²) in [4.78, 5) is 23.2. The number of amides is 1. The maximum absolute atomic E-state index is 12.0. The van der Waals surface area contributed by atoms with Crippen LogP contribution in [0.2, 0.25) is 0 Å². The maximum atomic E-state index is 12.0. The monoisotopic (exact) mass is 361 g/mol. The zero-order valence-electron chi connectivity index (χ0n) is 14.4. The van der Waals surface area contributed by atoms with Gasteiger partial charge >= 0.3 is 5.97 Å². The number of aliphatic carboxylic acids is 1. The molecule has 0 radical (unpaired) electrons. The molecule has 25 heavy (non-hydrogen) atoms. The van der Waals surface area contributed by atoms with Crippen LogP contribution >= 0.6 is 11.8 Å². The highest BCUT2D eigenvalue weighted by Crippen LogP contribution is 2.05. The average Bonchev–Trinajstić information content (AvgIpc) is 2.58. The minimum atomic E-state index is -1.10. The van der Waals surface area contributed by atoms with Crippen molar-refractivity contribution in [3.8, 4) is 6.07 Å². The molecule has 0 saturated heterocycles. The molecule has 7 heteroatoms. The van der Waals surface area contributed by atoms with E-state index in [1.54, 1.807) is 6.07 Å². The van der Waals surface area contributed by atoms with Crippen LogP contribution in [0.15, 0.2) is 36.0 Å². The molecule has 0 spiro atoms. The molecular formula is C18H23N3O3S. The number of nitrogens with zero attached hydrogens (tertiary/aromatic N) is 1. The summed E-state index contributed by atoms with van der Waals surface area (Å²) in [7, 11) is 0. The van der Waals surface area contributed by atoms with E-state index < -0.39 is 17.9 Å². The third kappa shape index (κ3) is 7.77. The number of carbonyl (C=O) groups is 2. The third-order valence-corrected chi connectivity index (χ3v) is 4.11. The fourth-order valence-electron chi connectivity index (χ4n) is 2.14. The van der Waals surface area contributed by atoms with Crippen LogP contribution in [0.1, 0.15) is 17.5 Å². The Morgan fingerprint density at radius 1 is 1.44 bits per heavy atom. The Morgan fingerprint density at radius 3 is 2.80 bits per heavy atom. The van der Waals surface area contributed by atoms with E-state index in [0.717, 1.165) is 12.0 Å². The Labute approximate surface area is 152 Å². The number of carboxylic acids is 1. The molecule has 1 amide bonds. The molecule has 1 atom stereocenters. The molecule has 0 aliphatic rings. The lowest BCUT2D eigenvalue weighted by atomic mass is 10.1. The normalized spacial score (nSPS) is 12.1. The Kier molecular flexibility index (Phi) is 9.19. The Bertz CT molecular complexity index is 668. The highest BCUT2D eigenvalue weighted by molar-refractivity contribution is 7.98. The van der Waals surface area contributed by atoms with Crippen molar-refractivity contribution in [3.63, 3.8) is 0 Å². The molecule has 1 unspecified atom stereocenters. The maximum Gasteiger partial charge on any atom is 0.326 e. The summed E-state index contributed by atoms with van der Waals surface area (Å²) in [5.74, 6) is -1.18. The predicted molar refractivity (Wildman–Crippen MR) is 99.1 cm³/mol. The molecule has 1 aromatic rings. The lowest BCUT2D eigenvalue weighted by Crippen LogP contribution is -2.41. The highest BCUT2D eigenvalue weighted by atomic mass is 32.2. The van der Waals surface area contributed by atoms with Crippen LogP contribution in [0.5, 0.6) is 0 Å². The van der Waals surface area contributed by atoms with Crippen molar-refractivity contribution in [2.24, 2.45) is 0 Å². The molecule has 0 aromatic heterocycles. The summed E-state index contributed by atoms with van der Waals surface area (Å²) in [5.41, 5.74) is 2.20. The van der Waals surface area contributed by atoms with Gasteiger partial charge in [-0.25, -0.2) is 4.79 Å². The number of carbonyl (C=O) groups excluding carboxylic acids is 1. The van der Waals surface area contributed by atoms with Gasteiger partial charge < -0.3 is 15.7 Å². The van der Waals surface area contributed by atoms with Gasteiger partial charge in [-0.15, -0.1) is 0 Å². The van der Waals surface area contributed by atoms with E-state index in [9.17, 15) is 9.59 Å². The lowest BCUT2D eigenvalue weighted by molar-refractivity contribution is -0.141. The Morgan fingerprint density at radius 2 is 2.20 bits per heavy atom. The van der Waals surface area contributed by atoms with Crippen LogP contribution in [-0.2, 0) is 16.0 Å². The van der Waals surface area contributed by atoms with E-state index in [1.165, 1.54) is 23.5 Å². The minimum absolute atomic E-state index is 0.139. The van der Waals surface area contributed by atoms with E-state index in [0.29, 0.717) is 18.7 Å². The van der Waals surface area contributed by atoms with Crippen molar-refractivity contribution in [2.75, 3.05) is 18.6 Å². The van der Waals surface area contributed by atoms with Crippen molar-refractivity contribution in [1.82, 2.24) is 10.6 Å². The lowest BCUT2D eigenvalue weighted by Gasteiger charge is -2.13. The standard InChI is InChI=1S/C18H23N3O3S/c1-13-4-3-5-14(10-13)6-8-20-12-15(11-19)17(22)21-16(18(23)24)7-9-25-2/h3-5,10,12,16,20H,6-9H2,1-2H3,(H,21,22)(H,23,24)/b15-12-. The largest absolute Gasteiger partial charge is 0.480 e. The van der Waals surface area contributed by atoms with E-state index in [1.807, 2.05) is 31.4 Å². The van der Waals surface area contributed by atoms with Crippen molar-refractivity contribution < 1.29 is 14.7 Å². The van der Waals surface area contributed by atoms with Crippen LogP contribution in [0.25, 0.3) is 0 Å². The zero-order valence-corrected chi connectivity index (χ0v) is 15.2. The predicted octanol–water partition coefficient (Wildman–Crippen LogP) is 1.86. The Balaban J connectivity index is 2.55. The second kappa shape index (κ2) is 11.2. The topological polar surface area (TPSA) is 102 Å². The molecule has 0 aliphatic carbocycles. The molecule has 0 heterocycles. The van der Waals surface area contributed by atoms with Crippen molar-refractivity contribution >= 4 is 23.6 Å². The molecule has 1 aromatic carbocycles. The number of hydrogen-bond acceptors (Lipinski definition) is 5. The summed E-state index contributed by atoms with van der Waals surface area (Å²) >= 11 is 1.50. The molecule has 0 bridgehead atoms. The van der Waals surface area contributed by atoms with Gasteiger partial charge in [-0.1, -0.05) is 29.8 Å². The van der Waals surface area contributed by atoms with Gasteiger partial charge in [0.1, 0.15) is 17.7 Å². The number of carboxylic acid groups (broad SMARTS) is 1. The third-order valence-electron chi connectivity index (χ3n) is 3.47. The van der Waals surface area contributed by atoms with Crippen LogP contribution in [-0.4, -0.2) is 41.6 Å². The highest BCUT2D eigenvalue weighted by Gasteiger charge is 2.21. The average molecular weight is 361 g/mol. The van der Waals surface area contributed by atoms with E-state index in [4.69, 9.17) is 10.4 Å². The summed E-state index contributed by atoms with van der Waals surface area (Å²) in [6.45, 7) is 2.58. The number of nitriles is 1. The quantitative estimate of drug-likeness (QED) is 0.334. The number of nitrogens with one attached hydrogen (secondary N) is 2. The number of thioether (sulfide) groups is 1. The van der Waals surface area contributed by atoms with Gasteiger partial charge in [-0.05, 0) is 37.3 Å². The van der Waals surface area contributed by atoms with Crippen LogP contribution in [0, 0.1) is 18.3 Å². The van der Waals surface area contributed by atoms with Gasteiger partial charge in [-0.2, -0.15) is 17.0 Å². The molecule has 1 rings (SSSR count). The second-order valence-corrected chi connectivity index (χ2v) is 6.49. The smallest absolute Gasteiger partial charge is 0.326 e. The molecule has 134 valence electrons. The summed E-state index contributed by atoms with van der Waals surface area (Å²) in [6.07, 6.45) is 4.25. The van der Waals surface area contributed by atoms with Crippen LogP contribution < -0.4 is 10.6 Å². The van der Waals surface area contributed by atoms with Gasteiger partial charge in [0.25, 0.3) is 5.91 Å². The molecule has 3 N–H and O–H groups in total. The number of benzene rings is 1. The zero-order chi connectivity index (χ0) is 18.7. The molecule has 0 fully saturated rings. The molecular weight excluding hydrogens is 338 g/mol. The first-order valence-electron chi connectivity index (χ1n) is 7.89. The summed E-state index contributed by atoms with van der Waals surface area (Å²) in [6, 6.07) is 8.89. The van der Waals surface area contributed by atoms with Gasteiger partial charge in [0.2, 0.25) is 0 Å². The van der Waals surface area contributed by atoms with E-state index in [2.05, 4.69) is 16.7 Å². The Hall–Kier alpha value is -2.46. The first-order valence-corrected chi connectivity index (χ1v) is 9.29. The van der Waals surface area contributed by atoms with Crippen LogP contribution in [0.4, 0.5) is 0 Å². The summed E-state index contributed by atoms with van der Waals surface area (Å²) in [5, 5.41) is 23.5. The van der Waals surface area contributed by atoms with E-state index >= 15 is 0 Å². The first-order chi connectivity index (χ1) is 12.0. The van der Waals surface area contributed by atoms with Crippen LogP contribution in [0.3, 0.4) is 0 Å². The number of aryl methyl sites for hydroxylation is 1. The number of hydrogen-bond donors (Lipinski definition) is 3. The van der Waals surface area contributed by atoms with Crippen molar-refractivity contribution in [3.05, 3.63) is 47.2 Å². The number of rotatable bonds is 10. The van der Waals surface area contributed by atoms with Gasteiger partial charge in [0.15, 0.2) is 0 Å². The fraction of sp³-hybridized carbons (Fsp3) is 0.389. The second-order valence-electron chi connectivity index (χ2n) is 5.51. The molecule has 6 nitrogen and oxygen atoms in total. The SMILES string of the molecule is CSCCC(NC(=O)/C(C#N)=C\NCCc1cccc(C)c1)C(=O)O. The van der Waals surface area contributed by atoms with Gasteiger partial charge in [-0.3, -0.25) is 4.79 Å². The van der Waals surface area contributed by atoms with E-state index in [-0.39, 0.29) is 5.57 Å². The first kappa shape index (κ1) is 20.6. The molecule has 0 aliphatic heterocycles. The van der Waals surface area contributed by atoms with Gasteiger partial charge in [0, 0.05) is 12.7 Å². The molecule has 0 saturated carbocycles. The fourth-order valence-corrected chi connectivity index (χ4v) is 2.61. The van der Waals surface area contributed by atoms with Crippen molar-refractivity contribution in [1.29, 1.82) is 5.26 Å². The van der Waals surface area contributed by atoms with Gasteiger partial charge in [0.05, 0.1) is 0 Å². The summed E-state index contributed by atoms with van der Waals surface area (Å²) < 4.78 is 0.